The molecule has 1 atom stereocenters. The van der Waals surface area contributed by atoms with Crippen LogP contribution in [-0.4, -0.2) is 38.9 Å². The predicted octanol–water partition coefficient (Wildman–Crippen LogP) is 1.64. The average Bonchev–Trinajstić information content (AvgIpc) is 2.74. The fraction of sp³-hybridized carbons (Fsp3) is 0.455. The Morgan fingerprint density at radius 1 is 1.42 bits per heavy atom. The van der Waals surface area contributed by atoms with Crippen molar-refractivity contribution >= 4 is 41.9 Å². The van der Waals surface area contributed by atoms with E-state index in [1.165, 1.54) is 6.07 Å². The summed E-state index contributed by atoms with van der Waals surface area (Å²) in [6.45, 7) is 0.537. The summed E-state index contributed by atoms with van der Waals surface area (Å²) in [5, 5.41) is 10.0. The fourth-order valence-electron chi connectivity index (χ4n) is 1.74. The molecule has 106 valence electrons. The van der Waals surface area contributed by atoms with Gasteiger partial charge in [-0.05, 0) is 34.1 Å². The molecule has 2 rings (SSSR count). The molecule has 1 aromatic rings. The van der Waals surface area contributed by atoms with Gasteiger partial charge in [-0.3, -0.25) is 0 Å². The number of ether oxygens (including phenoxy) is 1. The Morgan fingerprint density at radius 2 is 2.16 bits per heavy atom. The van der Waals surface area contributed by atoms with Crippen molar-refractivity contribution in [1.82, 2.24) is 4.72 Å². The monoisotopic (exact) mass is 413 g/mol. The van der Waals surface area contributed by atoms with Gasteiger partial charge in [0.1, 0.15) is 5.60 Å². The number of aliphatic hydroxyl groups is 1. The molecule has 0 aliphatic carbocycles. The Morgan fingerprint density at radius 3 is 2.74 bits per heavy atom. The third-order valence-electron chi connectivity index (χ3n) is 2.86. The standard InChI is InChI=1S/C11H13Br2NO4S/c12-8-1-2-10(9(13)5-8)19(16,17)14-6-11(15)3-4-18-7-11/h1-2,5,14-15H,3-4,6-7H2. The van der Waals surface area contributed by atoms with Crippen molar-refractivity contribution in [2.45, 2.75) is 16.9 Å². The van der Waals surface area contributed by atoms with Crippen LogP contribution in [0.1, 0.15) is 6.42 Å². The molecule has 0 bridgehead atoms. The van der Waals surface area contributed by atoms with Gasteiger partial charge in [0, 0.05) is 28.5 Å². The Balaban J connectivity index is 2.14. The highest BCUT2D eigenvalue weighted by Gasteiger charge is 2.34. The first-order chi connectivity index (χ1) is 8.82. The minimum absolute atomic E-state index is 0.0577. The average molecular weight is 415 g/mol. The summed E-state index contributed by atoms with van der Waals surface area (Å²) >= 11 is 6.48. The lowest BCUT2D eigenvalue weighted by molar-refractivity contribution is 0.0314. The molecule has 1 aliphatic heterocycles. The van der Waals surface area contributed by atoms with Crippen LogP contribution in [0.4, 0.5) is 0 Å². The lowest BCUT2D eigenvalue weighted by atomic mass is 10.1. The molecule has 1 aromatic carbocycles. The van der Waals surface area contributed by atoms with Crippen LogP contribution in [0, 0.1) is 0 Å². The summed E-state index contributed by atoms with van der Waals surface area (Å²) in [6, 6.07) is 4.79. The summed E-state index contributed by atoms with van der Waals surface area (Å²) in [7, 11) is -3.67. The molecule has 5 nitrogen and oxygen atoms in total. The second kappa shape index (κ2) is 5.79. The van der Waals surface area contributed by atoms with Gasteiger partial charge >= 0.3 is 0 Å². The molecule has 1 aliphatic rings. The first-order valence-electron chi connectivity index (χ1n) is 5.57. The van der Waals surface area contributed by atoms with Gasteiger partial charge in [-0.25, -0.2) is 13.1 Å². The van der Waals surface area contributed by atoms with E-state index in [-0.39, 0.29) is 18.0 Å². The Bertz CT molecular complexity index is 570. The number of hydrogen-bond donors (Lipinski definition) is 2. The highest BCUT2D eigenvalue weighted by molar-refractivity contribution is 9.11. The Kier molecular flexibility index (Phi) is 4.69. The van der Waals surface area contributed by atoms with E-state index < -0.39 is 15.6 Å². The predicted molar refractivity (Wildman–Crippen MR) is 77.4 cm³/mol. The quantitative estimate of drug-likeness (QED) is 0.785. The Hall–Kier alpha value is 0.01000. The zero-order valence-electron chi connectivity index (χ0n) is 9.90. The van der Waals surface area contributed by atoms with Crippen LogP contribution >= 0.6 is 31.9 Å². The van der Waals surface area contributed by atoms with E-state index in [9.17, 15) is 13.5 Å². The summed E-state index contributed by atoms with van der Waals surface area (Å²) < 4.78 is 33.0. The number of hydrogen-bond acceptors (Lipinski definition) is 4. The maximum atomic E-state index is 12.2. The summed E-state index contributed by atoms with van der Waals surface area (Å²) in [5.74, 6) is 0. The highest BCUT2D eigenvalue weighted by Crippen LogP contribution is 2.26. The fourth-order valence-corrected chi connectivity index (χ4v) is 4.60. The molecule has 0 spiro atoms. The largest absolute Gasteiger partial charge is 0.386 e. The second-order valence-electron chi connectivity index (χ2n) is 4.43. The van der Waals surface area contributed by atoms with Crippen LogP contribution in [0.2, 0.25) is 0 Å². The molecule has 2 N–H and O–H groups in total. The van der Waals surface area contributed by atoms with Gasteiger partial charge < -0.3 is 9.84 Å². The maximum absolute atomic E-state index is 12.2. The number of nitrogens with one attached hydrogen (secondary N) is 1. The van der Waals surface area contributed by atoms with Crippen molar-refractivity contribution in [2.24, 2.45) is 0 Å². The van der Waals surface area contributed by atoms with Gasteiger partial charge in [0.2, 0.25) is 10.0 Å². The first-order valence-corrected chi connectivity index (χ1v) is 8.64. The molecule has 0 aromatic heterocycles. The zero-order chi connectivity index (χ0) is 14.1. The van der Waals surface area contributed by atoms with Crippen molar-refractivity contribution in [3.8, 4) is 0 Å². The van der Waals surface area contributed by atoms with E-state index in [4.69, 9.17) is 4.74 Å². The van der Waals surface area contributed by atoms with Gasteiger partial charge in [-0.1, -0.05) is 15.9 Å². The summed E-state index contributed by atoms with van der Waals surface area (Å²) in [4.78, 5) is 0.137. The van der Waals surface area contributed by atoms with E-state index >= 15 is 0 Å². The van der Waals surface area contributed by atoms with E-state index in [1.54, 1.807) is 12.1 Å². The normalized spacial score (nSPS) is 23.7. The molecule has 8 heteroatoms. The van der Waals surface area contributed by atoms with Crippen LogP contribution in [-0.2, 0) is 14.8 Å². The molecular weight excluding hydrogens is 402 g/mol. The van der Waals surface area contributed by atoms with Gasteiger partial charge in [0.25, 0.3) is 0 Å². The van der Waals surface area contributed by atoms with Gasteiger partial charge in [0.15, 0.2) is 0 Å². The number of sulfonamides is 1. The molecule has 1 saturated heterocycles. The molecule has 1 fully saturated rings. The maximum Gasteiger partial charge on any atom is 0.241 e. The third-order valence-corrected chi connectivity index (χ3v) is 5.73. The SMILES string of the molecule is O=S(=O)(NCC1(O)CCOC1)c1ccc(Br)cc1Br. The lowest BCUT2D eigenvalue weighted by Gasteiger charge is -2.20. The summed E-state index contributed by atoms with van der Waals surface area (Å²) in [6.07, 6.45) is 0.428. The van der Waals surface area contributed by atoms with E-state index in [2.05, 4.69) is 36.6 Å². The van der Waals surface area contributed by atoms with E-state index in [1.807, 2.05) is 0 Å². The molecular formula is C11H13Br2NO4S. The van der Waals surface area contributed by atoms with E-state index in [0.717, 1.165) is 4.47 Å². The van der Waals surface area contributed by atoms with Crippen LogP contribution in [0.3, 0.4) is 0 Å². The minimum Gasteiger partial charge on any atom is -0.386 e. The highest BCUT2D eigenvalue weighted by atomic mass is 79.9. The van der Waals surface area contributed by atoms with Crippen molar-refractivity contribution in [3.05, 3.63) is 27.1 Å². The van der Waals surface area contributed by atoms with Crippen molar-refractivity contribution in [1.29, 1.82) is 0 Å². The lowest BCUT2D eigenvalue weighted by Crippen LogP contribution is -2.43. The van der Waals surface area contributed by atoms with Crippen LogP contribution in [0.15, 0.2) is 32.0 Å². The topological polar surface area (TPSA) is 75.6 Å². The van der Waals surface area contributed by atoms with Crippen molar-refractivity contribution in [3.63, 3.8) is 0 Å². The third kappa shape index (κ3) is 3.77. The first kappa shape index (κ1) is 15.4. The number of rotatable bonds is 4. The van der Waals surface area contributed by atoms with Crippen molar-refractivity contribution in [2.75, 3.05) is 19.8 Å². The molecule has 0 amide bonds. The van der Waals surface area contributed by atoms with Gasteiger partial charge in [-0.15, -0.1) is 0 Å². The van der Waals surface area contributed by atoms with Crippen molar-refractivity contribution < 1.29 is 18.3 Å². The minimum atomic E-state index is -3.67. The number of halogens is 2. The molecule has 0 radical (unpaired) electrons. The molecule has 0 saturated carbocycles. The zero-order valence-corrected chi connectivity index (χ0v) is 13.9. The van der Waals surface area contributed by atoms with Gasteiger partial charge in [0.05, 0.1) is 11.5 Å². The smallest absolute Gasteiger partial charge is 0.241 e. The van der Waals surface area contributed by atoms with Crippen LogP contribution in [0.5, 0.6) is 0 Å². The molecule has 1 unspecified atom stereocenters. The molecule has 19 heavy (non-hydrogen) atoms. The van der Waals surface area contributed by atoms with Gasteiger partial charge in [-0.2, -0.15) is 0 Å². The second-order valence-corrected chi connectivity index (χ2v) is 7.93. The summed E-state index contributed by atoms with van der Waals surface area (Å²) in [5.41, 5.74) is -1.12. The molecule has 1 heterocycles. The number of benzene rings is 1. The van der Waals surface area contributed by atoms with Crippen LogP contribution < -0.4 is 4.72 Å². The van der Waals surface area contributed by atoms with E-state index in [0.29, 0.717) is 17.5 Å². The Labute approximate surface area is 128 Å². The van der Waals surface area contributed by atoms with Crippen LogP contribution in [0.25, 0.3) is 0 Å².